The molecule has 1 fully saturated rings. The van der Waals surface area contributed by atoms with Crippen LogP contribution in [-0.2, 0) is 6.54 Å². The van der Waals surface area contributed by atoms with Crippen LogP contribution in [-0.4, -0.2) is 41.0 Å². The molecule has 7 heteroatoms. The molecule has 0 spiro atoms. The van der Waals surface area contributed by atoms with Gasteiger partial charge in [0.25, 0.3) is 12.0 Å². The minimum absolute atomic E-state index is 0.301. The first-order chi connectivity index (χ1) is 8.15. The summed E-state index contributed by atoms with van der Waals surface area (Å²) in [5, 5.41) is 3.19. The molecule has 1 aromatic heterocycles. The second-order valence-corrected chi connectivity index (χ2v) is 3.94. The maximum atomic E-state index is 12.5. The number of alkyl halides is 2. The molecule has 0 saturated carbocycles. The van der Waals surface area contributed by atoms with Gasteiger partial charge in [0.05, 0.1) is 6.54 Å². The van der Waals surface area contributed by atoms with Gasteiger partial charge in [0.1, 0.15) is 11.5 Å². The highest BCUT2D eigenvalue weighted by atomic mass is 19.3. The van der Waals surface area contributed by atoms with Crippen LogP contribution >= 0.6 is 0 Å². The number of nitrogens with one attached hydrogen (secondary N) is 2. The summed E-state index contributed by atoms with van der Waals surface area (Å²) in [5.74, 6) is 0.301. The van der Waals surface area contributed by atoms with Crippen molar-refractivity contribution < 1.29 is 8.78 Å². The number of H-pyrrole nitrogens is 1. The Morgan fingerprint density at radius 3 is 2.76 bits per heavy atom. The Balaban J connectivity index is 2.11. The number of nitrogens with zero attached hydrogens (tertiary/aromatic N) is 2. The molecule has 5 nitrogen and oxygen atoms in total. The summed E-state index contributed by atoms with van der Waals surface area (Å²) >= 11 is 0. The Morgan fingerprint density at radius 1 is 1.41 bits per heavy atom. The lowest BCUT2D eigenvalue weighted by Crippen LogP contribution is -2.43. The Kier molecular flexibility index (Phi) is 3.80. The SMILES string of the molecule is O=c1cc(C(F)F)nc(CN2CCNCC2)[nH]1. The van der Waals surface area contributed by atoms with E-state index in [1.54, 1.807) is 0 Å². The van der Waals surface area contributed by atoms with E-state index in [1.807, 2.05) is 0 Å². The molecule has 0 unspecified atom stereocenters. The highest BCUT2D eigenvalue weighted by Crippen LogP contribution is 2.14. The van der Waals surface area contributed by atoms with Crippen molar-refractivity contribution >= 4 is 0 Å². The molecule has 0 aliphatic carbocycles. The summed E-state index contributed by atoms with van der Waals surface area (Å²) in [6.07, 6.45) is -2.71. The molecule has 2 N–H and O–H groups in total. The van der Waals surface area contributed by atoms with Crippen LogP contribution in [0.2, 0.25) is 0 Å². The van der Waals surface area contributed by atoms with Gasteiger partial charge in [0.2, 0.25) is 0 Å². The van der Waals surface area contributed by atoms with Gasteiger partial charge < -0.3 is 10.3 Å². The van der Waals surface area contributed by atoms with E-state index in [1.165, 1.54) is 0 Å². The molecule has 94 valence electrons. The third-order valence-electron chi connectivity index (χ3n) is 2.62. The molecule has 0 bridgehead atoms. The third-order valence-corrected chi connectivity index (χ3v) is 2.62. The Labute approximate surface area is 96.9 Å². The van der Waals surface area contributed by atoms with Crippen molar-refractivity contribution in [3.05, 3.63) is 27.9 Å². The highest BCUT2D eigenvalue weighted by molar-refractivity contribution is 5.04. The molecule has 2 heterocycles. The third kappa shape index (κ3) is 3.31. The smallest absolute Gasteiger partial charge is 0.280 e. The summed E-state index contributed by atoms with van der Waals surface area (Å²) in [6, 6.07) is 0.839. The number of rotatable bonds is 3. The number of piperazine rings is 1. The number of hydrogen-bond acceptors (Lipinski definition) is 4. The van der Waals surface area contributed by atoms with Crippen LogP contribution in [0.3, 0.4) is 0 Å². The van der Waals surface area contributed by atoms with Gasteiger partial charge in [0, 0.05) is 32.2 Å². The predicted octanol–water partition coefficient (Wildman–Crippen LogP) is 0.113. The van der Waals surface area contributed by atoms with E-state index in [4.69, 9.17) is 0 Å². The van der Waals surface area contributed by atoms with Crippen LogP contribution in [0.1, 0.15) is 17.9 Å². The fourth-order valence-corrected chi connectivity index (χ4v) is 1.80. The molecule has 0 amide bonds. The zero-order valence-electron chi connectivity index (χ0n) is 9.25. The van der Waals surface area contributed by atoms with Gasteiger partial charge in [-0.1, -0.05) is 0 Å². The molecule has 0 aromatic carbocycles. The quantitative estimate of drug-likeness (QED) is 0.792. The van der Waals surface area contributed by atoms with Crippen molar-refractivity contribution in [3.8, 4) is 0 Å². The van der Waals surface area contributed by atoms with Crippen molar-refractivity contribution in [1.29, 1.82) is 0 Å². The Morgan fingerprint density at radius 2 is 2.12 bits per heavy atom. The minimum atomic E-state index is -2.71. The van der Waals surface area contributed by atoms with E-state index < -0.39 is 17.7 Å². The zero-order valence-corrected chi connectivity index (χ0v) is 9.25. The van der Waals surface area contributed by atoms with Crippen molar-refractivity contribution in [2.24, 2.45) is 0 Å². The molecule has 2 rings (SSSR count). The second-order valence-electron chi connectivity index (χ2n) is 3.94. The van der Waals surface area contributed by atoms with Gasteiger partial charge in [-0.15, -0.1) is 0 Å². The van der Waals surface area contributed by atoms with E-state index in [9.17, 15) is 13.6 Å². The lowest BCUT2D eigenvalue weighted by atomic mass is 10.3. The fourth-order valence-electron chi connectivity index (χ4n) is 1.80. The lowest BCUT2D eigenvalue weighted by Gasteiger charge is -2.26. The van der Waals surface area contributed by atoms with E-state index in [0.717, 1.165) is 32.2 Å². The van der Waals surface area contributed by atoms with E-state index >= 15 is 0 Å². The van der Waals surface area contributed by atoms with E-state index in [-0.39, 0.29) is 0 Å². The molecule has 1 aliphatic heterocycles. The maximum Gasteiger partial charge on any atom is 0.280 e. The predicted molar refractivity (Wildman–Crippen MR) is 58.0 cm³/mol. The number of halogens is 2. The maximum absolute atomic E-state index is 12.5. The summed E-state index contributed by atoms with van der Waals surface area (Å²) < 4.78 is 24.9. The molecular formula is C10H14F2N4O. The van der Waals surface area contributed by atoms with Crippen LogP contribution in [0.4, 0.5) is 8.78 Å². The molecule has 17 heavy (non-hydrogen) atoms. The van der Waals surface area contributed by atoms with Gasteiger partial charge in [0.15, 0.2) is 0 Å². The minimum Gasteiger partial charge on any atom is -0.314 e. The van der Waals surface area contributed by atoms with Crippen molar-refractivity contribution in [3.63, 3.8) is 0 Å². The van der Waals surface area contributed by atoms with Crippen LogP contribution in [0.25, 0.3) is 0 Å². The monoisotopic (exact) mass is 244 g/mol. The standard InChI is InChI=1S/C10H14F2N4O/c11-10(12)7-5-9(17)15-8(14-7)6-16-3-1-13-2-4-16/h5,10,13H,1-4,6H2,(H,14,15,17). The second kappa shape index (κ2) is 5.33. The number of hydrogen-bond donors (Lipinski definition) is 2. The van der Waals surface area contributed by atoms with Gasteiger partial charge >= 0.3 is 0 Å². The molecule has 1 saturated heterocycles. The summed E-state index contributed by atoms with van der Waals surface area (Å²) in [5.41, 5.74) is -0.987. The topological polar surface area (TPSA) is 61.0 Å². The van der Waals surface area contributed by atoms with Crippen LogP contribution in [0, 0.1) is 0 Å². The molecule has 1 aromatic rings. The Bertz CT molecular complexity index is 429. The van der Waals surface area contributed by atoms with Crippen molar-refractivity contribution in [1.82, 2.24) is 20.2 Å². The first-order valence-corrected chi connectivity index (χ1v) is 5.46. The largest absolute Gasteiger partial charge is 0.314 e. The zero-order chi connectivity index (χ0) is 12.3. The van der Waals surface area contributed by atoms with Crippen LogP contribution in [0.5, 0.6) is 0 Å². The van der Waals surface area contributed by atoms with E-state index in [2.05, 4.69) is 20.2 Å². The summed E-state index contributed by atoms with van der Waals surface area (Å²) in [7, 11) is 0. The summed E-state index contributed by atoms with van der Waals surface area (Å²) in [4.78, 5) is 19.5. The van der Waals surface area contributed by atoms with Gasteiger partial charge in [-0.25, -0.2) is 13.8 Å². The van der Waals surface area contributed by atoms with Crippen molar-refractivity contribution in [2.45, 2.75) is 13.0 Å². The molecular weight excluding hydrogens is 230 g/mol. The van der Waals surface area contributed by atoms with Crippen LogP contribution < -0.4 is 10.9 Å². The van der Waals surface area contributed by atoms with E-state index in [0.29, 0.717) is 12.4 Å². The average Bonchev–Trinajstić information content (AvgIpc) is 2.29. The van der Waals surface area contributed by atoms with Gasteiger partial charge in [-0.3, -0.25) is 9.69 Å². The van der Waals surface area contributed by atoms with Crippen molar-refractivity contribution in [2.75, 3.05) is 26.2 Å². The normalized spacial score (nSPS) is 17.6. The average molecular weight is 244 g/mol. The number of aromatic amines is 1. The molecule has 1 aliphatic rings. The van der Waals surface area contributed by atoms with Crippen LogP contribution in [0.15, 0.2) is 10.9 Å². The first-order valence-electron chi connectivity index (χ1n) is 5.46. The summed E-state index contributed by atoms with van der Waals surface area (Å²) in [6.45, 7) is 3.76. The Hall–Kier alpha value is -1.34. The highest BCUT2D eigenvalue weighted by Gasteiger charge is 2.14. The first kappa shape index (κ1) is 12.1. The van der Waals surface area contributed by atoms with Gasteiger partial charge in [-0.2, -0.15) is 0 Å². The number of aromatic nitrogens is 2. The molecule has 0 atom stereocenters. The lowest BCUT2D eigenvalue weighted by molar-refractivity contribution is 0.144. The molecule has 0 radical (unpaired) electrons. The van der Waals surface area contributed by atoms with Gasteiger partial charge in [-0.05, 0) is 0 Å². The fraction of sp³-hybridized carbons (Fsp3) is 0.600.